The van der Waals surface area contributed by atoms with Gasteiger partial charge in [-0.05, 0) is 37.8 Å². The first-order chi connectivity index (χ1) is 13.4. The fourth-order valence-electron chi connectivity index (χ4n) is 4.52. The summed E-state index contributed by atoms with van der Waals surface area (Å²) in [7, 11) is -3.50. The number of ketones is 1. The molecule has 1 aromatic rings. The van der Waals surface area contributed by atoms with Crippen LogP contribution in [0.1, 0.15) is 37.0 Å². The van der Waals surface area contributed by atoms with E-state index in [9.17, 15) is 18.0 Å². The summed E-state index contributed by atoms with van der Waals surface area (Å²) in [6, 6.07) is 3.37. The number of ether oxygens (including phenoxy) is 1. The van der Waals surface area contributed by atoms with Gasteiger partial charge in [-0.2, -0.15) is 4.31 Å². The number of fused-ring (bicyclic) bond motifs is 2. The lowest BCUT2D eigenvalue weighted by atomic mass is 9.67. The van der Waals surface area contributed by atoms with Gasteiger partial charge in [0.2, 0.25) is 5.91 Å². The number of thiophene rings is 1. The molecule has 2 bridgehead atoms. The smallest absolute Gasteiger partial charge is 0.252 e. The van der Waals surface area contributed by atoms with Crippen molar-refractivity contribution in [1.29, 1.82) is 0 Å². The maximum atomic E-state index is 12.7. The SMILES string of the molecule is O=C(NCc1ccc(S(=O)(=O)N2CCOCC2)s1)C1CC2CCCC(C1)C2=O. The van der Waals surface area contributed by atoms with Crippen LogP contribution < -0.4 is 5.32 Å². The van der Waals surface area contributed by atoms with Crippen LogP contribution in [0.5, 0.6) is 0 Å². The zero-order valence-electron chi connectivity index (χ0n) is 15.8. The summed E-state index contributed by atoms with van der Waals surface area (Å²) in [5, 5.41) is 2.95. The van der Waals surface area contributed by atoms with E-state index in [2.05, 4.69) is 5.32 Å². The van der Waals surface area contributed by atoms with Crippen molar-refractivity contribution >= 4 is 33.1 Å². The van der Waals surface area contributed by atoms with Crippen molar-refractivity contribution in [2.24, 2.45) is 17.8 Å². The third-order valence-corrected chi connectivity index (χ3v) is 9.51. The molecule has 1 amide bonds. The number of hydrogen-bond donors (Lipinski definition) is 1. The number of carbonyl (C=O) groups excluding carboxylic acids is 2. The lowest BCUT2D eigenvalue weighted by Crippen LogP contribution is -2.42. The molecule has 3 aliphatic rings. The van der Waals surface area contributed by atoms with Crippen molar-refractivity contribution in [3.05, 3.63) is 17.0 Å². The number of nitrogens with zero attached hydrogens (tertiary/aromatic N) is 1. The topological polar surface area (TPSA) is 92.8 Å². The molecule has 1 N–H and O–H groups in total. The normalized spacial score (nSPS) is 28.9. The summed E-state index contributed by atoms with van der Waals surface area (Å²) < 4.78 is 32.4. The first-order valence-electron chi connectivity index (χ1n) is 9.93. The second-order valence-electron chi connectivity index (χ2n) is 7.85. The van der Waals surface area contributed by atoms with E-state index in [0.717, 1.165) is 24.1 Å². The molecule has 4 rings (SSSR count). The van der Waals surface area contributed by atoms with Crippen molar-refractivity contribution in [3.63, 3.8) is 0 Å². The highest BCUT2D eigenvalue weighted by Gasteiger charge is 2.41. The van der Waals surface area contributed by atoms with E-state index in [-0.39, 0.29) is 23.7 Å². The highest BCUT2D eigenvalue weighted by Crippen LogP contribution is 2.40. The molecule has 1 saturated heterocycles. The van der Waals surface area contributed by atoms with Crippen molar-refractivity contribution in [3.8, 4) is 0 Å². The predicted octanol–water partition coefficient (Wildman–Crippen LogP) is 1.78. The Morgan fingerprint density at radius 2 is 1.86 bits per heavy atom. The van der Waals surface area contributed by atoms with Crippen molar-refractivity contribution < 1.29 is 22.7 Å². The zero-order valence-corrected chi connectivity index (χ0v) is 17.4. The average Bonchev–Trinajstić information content (AvgIpc) is 3.16. The number of Topliss-reactive ketones (excluding diaryl/α,β-unsaturated/α-hetero) is 1. The van der Waals surface area contributed by atoms with Gasteiger partial charge in [-0.25, -0.2) is 8.42 Å². The van der Waals surface area contributed by atoms with Gasteiger partial charge >= 0.3 is 0 Å². The summed E-state index contributed by atoms with van der Waals surface area (Å²) >= 11 is 1.20. The molecule has 3 fully saturated rings. The van der Waals surface area contributed by atoms with Crippen molar-refractivity contribution in [2.45, 2.75) is 42.9 Å². The summed E-state index contributed by atoms with van der Waals surface area (Å²) in [6.45, 7) is 1.89. The molecule has 0 spiro atoms. The molecule has 9 heteroatoms. The standard InChI is InChI=1S/C19H26N2O5S2/c22-18-13-2-1-3-14(18)11-15(10-13)19(23)20-12-16-4-5-17(27-16)28(24,25)21-6-8-26-9-7-21/h4-5,13-15H,1-3,6-12H2,(H,20,23). The Morgan fingerprint density at radius 3 is 2.54 bits per heavy atom. The van der Waals surface area contributed by atoms with E-state index in [0.29, 0.717) is 55.7 Å². The van der Waals surface area contributed by atoms with Crippen LogP contribution in [0, 0.1) is 17.8 Å². The number of nitrogens with one attached hydrogen (secondary N) is 1. The molecule has 0 aromatic carbocycles. The van der Waals surface area contributed by atoms with Crippen LogP contribution >= 0.6 is 11.3 Å². The lowest BCUT2D eigenvalue weighted by Gasteiger charge is -2.36. The maximum absolute atomic E-state index is 12.7. The van der Waals surface area contributed by atoms with E-state index < -0.39 is 10.0 Å². The number of carbonyl (C=O) groups is 2. The van der Waals surface area contributed by atoms with Gasteiger partial charge in [-0.1, -0.05) is 6.42 Å². The largest absolute Gasteiger partial charge is 0.379 e. The number of morpholine rings is 1. The number of sulfonamides is 1. The van der Waals surface area contributed by atoms with E-state index >= 15 is 0 Å². The molecule has 1 aromatic heterocycles. The Hall–Kier alpha value is -1.29. The maximum Gasteiger partial charge on any atom is 0.252 e. The highest BCUT2D eigenvalue weighted by molar-refractivity contribution is 7.91. The fourth-order valence-corrected chi connectivity index (χ4v) is 7.38. The molecule has 7 nitrogen and oxygen atoms in total. The van der Waals surface area contributed by atoms with Crippen molar-refractivity contribution in [1.82, 2.24) is 9.62 Å². The third kappa shape index (κ3) is 4.03. The molecule has 2 heterocycles. The number of hydrogen-bond acceptors (Lipinski definition) is 6. The van der Waals surface area contributed by atoms with E-state index in [1.807, 2.05) is 0 Å². The monoisotopic (exact) mass is 426 g/mol. The lowest BCUT2D eigenvalue weighted by molar-refractivity contribution is -0.137. The number of amides is 1. The van der Waals surface area contributed by atoms with Gasteiger partial charge in [-0.15, -0.1) is 11.3 Å². The molecule has 0 radical (unpaired) electrons. The molecular weight excluding hydrogens is 400 g/mol. The highest BCUT2D eigenvalue weighted by atomic mass is 32.2. The minimum Gasteiger partial charge on any atom is -0.379 e. The summed E-state index contributed by atoms with van der Waals surface area (Å²) in [5.74, 6) is 0.330. The first kappa shape index (κ1) is 20.0. The average molecular weight is 427 g/mol. The van der Waals surface area contributed by atoms with Gasteiger partial charge in [0, 0.05) is 35.7 Å². The van der Waals surface area contributed by atoms with Gasteiger partial charge in [0.15, 0.2) is 0 Å². The van der Waals surface area contributed by atoms with Crippen molar-refractivity contribution in [2.75, 3.05) is 26.3 Å². The van der Waals surface area contributed by atoms with E-state index in [1.54, 1.807) is 12.1 Å². The van der Waals surface area contributed by atoms with Gasteiger partial charge < -0.3 is 10.1 Å². The first-order valence-corrected chi connectivity index (χ1v) is 12.2. The second kappa shape index (κ2) is 8.22. The van der Waals surface area contributed by atoms with Crippen LogP contribution in [-0.2, 0) is 30.9 Å². The van der Waals surface area contributed by atoms with Gasteiger partial charge in [-0.3, -0.25) is 9.59 Å². The fraction of sp³-hybridized carbons (Fsp3) is 0.684. The Bertz CT molecular complexity index is 828. The van der Waals surface area contributed by atoms with E-state index in [1.165, 1.54) is 15.6 Å². The summed E-state index contributed by atoms with van der Waals surface area (Å²) in [4.78, 5) is 25.6. The van der Waals surface area contributed by atoms with Crippen LogP contribution in [0.4, 0.5) is 0 Å². The Morgan fingerprint density at radius 1 is 1.18 bits per heavy atom. The van der Waals surface area contributed by atoms with Crippen LogP contribution in [0.3, 0.4) is 0 Å². The summed E-state index contributed by atoms with van der Waals surface area (Å²) in [5.41, 5.74) is 0. The van der Waals surface area contributed by atoms with Crippen LogP contribution in [0.25, 0.3) is 0 Å². The molecule has 28 heavy (non-hydrogen) atoms. The molecular formula is C19H26N2O5S2. The molecule has 2 aliphatic carbocycles. The van der Waals surface area contributed by atoms with Gasteiger partial charge in [0.05, 0.1) is 19.8 Å². The zero-order chi connectivity index (χ0) is 19.7. The third-order valence-electron chi connectivity index (χ3n) is 6.06. The number of rotatable bonds is 5. The van der Waals surface area contributed by atoms with Gasteiger partial charge in [0.1, 0.15) is 9.99 Å². The van der Waals surface area contributed by atoms with E-state index in [4.69, 9.17) is 4.74 Å². The Kier molecular flexibility index (Phi) is 5.87. The van der Waals surface area contributed by atoms with Crippen LogP contribution in [0.2, 0.25) is 0 Å². The molecule has 154 valence electrons. The quantitative estimate of drug-likeness (QED) is 0.775. The molecule has 2 unspecified atom stereocenters. The Balaban J connectivity index is 1.34. The minimum absolute atomic E-state index is 0.0182. The van der Waals surface area contributed by atoms with Crippen LogP contribution in [0.15, 0.2) is 16.3 Å². The predicted molar refractivity (Wildman–Crippen MR) is 104 cm³/mol. The minimum atomic E-state index is -3.50. The van der Waals surface area contributed by atoms with Gasteiger partial charge in [0.25, 0.3) is 10.0 Å². The molecule has 2 saturated carbocycles. The molecule has 1 aliphatic heterocycles. The summed E-state index contributed by atoms with van der Waals surface area (Å²) in [6.07, 6.45) is 4.22. The molecule has 2 atom stereocenters. The Labute approximate surface area is 169 Å². The van der Waals surface area contributed by atoms with Crippen LogP contribution in [-0.4, -0.2) is 50.7 Å². The second-order valence-corrected chi connectivity index (χ2v) is 11.2.